The quantitative estimate of drug-likeness (QED) is 0.795. The first-order valence-corrected chi connectivity index (χ1v) is 10.1. The van der Waals surface area contributed by atoms with Crippen LogP contribution in [-0.2, 0) is 11.2 Å². The van der Waals surface area contributed by atoms with Gasteiger partial charge in [0.1, 0.15) is 0 Å². The number of carbonyl (C=O) groups is 2. The molecule has 4 rings (SSSR count). The molecule has 28 heavy (non-hydrogen) atoms. The molecule has 1 aromatic carbocycles. The normalized spacial score (nSPS) is 17.8. The molecule has 1 amide bonds. The summed E-state index contributed by atoms with van der Waals surface area (Å²) >= 11 is 0. The molecular weight excluding hydrogens is 354 g/mol. The van der Waals surface area contributed by atoms with Gasteiger partial charge in [-0.05, 0) is 62.8 Å². The van der Waals surface area contributed by atoms with Gasteiger partial charge in [-0.2, -0.15) is 0 Å². The number of nitrogens with one attached hydrogen (secondary N) is 1. The van der Waals surface area contributed by atoms with Crippen LogP contribution < -0.4 is 11.1 Å². The number of Topliss-reactive ketones (excluding diaryl/α,β-unsaturated/α-hetero) is 1. The number of aryl methyl sites for hydroxylation is 1. The first kappa shape index (κ1) is 18.7. The molecule has 2 aliphatic rings. The van der Waals surface area contributed by atoms with Crippen molar-refractivity contribution in [3.63, 3.8) is 0 Å². The molecule has 0 saturated carbocycles. The van der Waals surface area contributed by atoms with E-state index in [0.717, 1.165) is 73.5 Å². The van der Waals surface area contributed by atoms with E-state index in [-0.39, 0.29) is 11.8 Å². The lowest BCUT2D eigenvalue weighted by Crippen LogP contribution is -2.29. The Morgan fingerprint density at radius 2 is 1.96 bits per heavy atom. The topological polar surface area (TPSA) is 86.3 Å². The maximum Gasteiger partial charge on any atom is 0.250 e. The Morgan fingerprint density at radius 1 is 1.21 bits per heavy atom. The van der Waals surface area contributed by atoms with E-state index in [1.54, 1.807) is 6.07 Å². The molecule has 6 heteroatoms. The lowest BCUT2D eigenvalue weighted by atomic mass is 10.1. The van der Waals surface area contributed by atoms with Gasteiger partial charge in [-0.3, -0.25) is 9.59 Å². The molecule has 1 fully saturated rings. The number of benzene rings is 1. The summed E-state index contributed by atoms with van der Waals surface area (Å²) in [5.74, 6) is -0.211. The van der Waals surface area contributed by atoms with E-state index in [1.807, 2.05) is 25.3 Å². The summed E-state index contributed by atoms with van der Waals surface area (Å²) < 4.78 is 7.53. The highest BCUT2D eigenvalue weighted by atomic mass is 16.5. The lowest BCUT2D eigenvalue weighted by Gasteiger charge is -2.25. The van der Waals surface area contributed by atoms with Gasteiger partial charge in [0.25, 0.3) is 5.91 Å². The van der Waals surface area contributed by atoms with Gasteiger partial charge in [0.2, 0.25) is 0 Å². The van der Waals surface area contributed by atoms with Gasteiger partial charge in [0.15, 0.2) is 5.78 Å². The van der Waals surface area contributed by atoms with Crippen molar-refractivity contribution in [2.24, 2.45) is 5.73 Å². The van der Waals surface area contributed by atoms with Crippen LogP contribution in [0.3, 0.4) is 0 Å². The average Bonchev–Trinajstić information content (AvgIpc) is 2.89. The zero-order valence-corrected chi connectivity index (χ0v) is 16.3. The number of nitrogens with zero attached hydrogens (tertiary/aromatic N) is 1. The van der Waals surface area contributed by atoms with Crippen molar-refractivity contribution >= 4 is 17.4 Å². The molecule has 148 valence electrons. The van der Waals surface area contributed by atoms with Crippen molar-refractivity contribution < 1.29 is 14.3 Å². The number of hydrogen-bond acceptors (Lipinski definition) is 4. The highest BCUT2D eigenvalue weighted by molar-refractivity contribution is 6.00. The number of ketones is 1. The number of fused-ring (bicyclic) bond motifs is 1. The molecule has 1 aliphatic heterocycles. The summed E-state index contributed by atoms with van der Waals surface area (Å²) in [6.07, 6.45) is 7.28. The third-order valence-electron chi connectivity index (χ3n) is 5.77. The largest absolute Gasteiger partial charge is 0.381 e. The number of aromatic nitrogens is 1. The Hall–Kier alpha value is -2.60. The van der Waals surface area contributed by atoms with Crippen LogP contribution in [0.25, 0.3) is 5.69 Å². The summed E-state index contributed by atoms with van der Waals surface area (Å²) in [7, 11) is 0. The molecular formula is C22H27N3O3. The molecule has 0 unspecified atom stereocenters. The Labute approximate surface area is 165 Å². The number of nitrogens with two attached hydrogens (primary N) is 1. The Balaban J connectivity index is 1.74. The standard InChI is InChI=1S/C22H27N3O3/c1-14-13-25(19-4-2-3-5-20(26)21(14)19)16-6-7-17(22(23)27)18(12-16)24-15-8-10-28-11-9-15/h6-7,12-13,15,24H,2-5,8-11H2,1H3,(H2,23,27). The zero-order chi connectivity index (χ0) is 19.7. The molecule has 6 nitrogen and oxygen atoms in total. The van der Waals surface area contributed by atoms with E-state index >= 15 is 0 Å². The fourth-order valence-electron chi connectivity index (χ4n) is 4.32. The van der Waals surface area contributed by atoms with Crippen LogP contribution in [0.4, 0.5) is 5.69 Å². The molecule has 0 atom stereocenters. The average molecular weight is 381 g/mol. The van der Waals surface area contributed by atoms with Gasteiger partial charge in [0.05, 0.1) is 5.56 Å². The van der Waals surface area contributed by atoms with Crippen LogP contribution in [0.1, 0.15) is 64.1 Å². The summed E-state index contributed by atoms with van der Waals surface area (Å²) in [4.78, 5) is 24.5. The third kappa shape index (κ3) is 3.56. The van der Waals surface area contributed by atoms with Crippen LogP contribution in [0.5, 0.6) is 0 Å². The zero-order valence-electron chi connectivity index (χ0n) is 16.3. The minimum atomic E-state index is -0.446. The van der Waals surface area contributed by atoms with Gasteiger partial charge >= 0.3 is 0 Å². The molecule has 1 saturated heterocycles. The van der Waals surface area contributed by atoms with Gasteiger partial charge in [-0.25, -0.2) is 0 Å². The van der Waals surface area contributed by atoms with Crippen molar-refractivity contribution in [1.29, 1.82) is 0 Å². The molecule has 3 N–H and O–H groups in total. The van der Waals surface area contributed by atoms with Crippen molar-refractivity contribution in [1.82, 2.24) is 4.57 Å². The van der Waals surface area contributed by atoms with E-state index in [2.05, 4.69) is 9.88 Å². The van der Waals surface area contributed by atoms with E-state index in [0.29, 0.717) is 12.0 Å². The highest BCUT2D eigenvalue weighted by Gasteiger charge is 2.23. The third-order valence-corrected chi connectivity index (χ3v) is 5.77. The Bertz CT molecular complexity index is 910. The van der Waals surface area contributed by atoms with Crippen LogP contribution in [0.2, 0.25) is 0 Å². The molecule has 1 aliphatic carbocycles. The number of rotatable bonds is 4. The number of amides is 1. The van der Waals surface area contributed by atoms with Crippen molar-refractivity contribution in [2.45, 2.75) is 51.5 Å². The molecule has 1 aromatic heterocycles. The summed E-state index contributed by atoms with van der Waals surface area (Å²) in [6.45, 7) is 3.43. The number of hydrogen-bond donors (Lipinski definition) is 2. The smallest absolute Gasteiger partial charge is 0.250 e. The van der Waals surface area contributed by atoms with Crippen molar-refractivity contribution in [2.75, 3.05) is 18.5 Å². The molecule has 0 spiro atoms. The van der Waals surface area contributed by atoms with Gasteiger partial charge < -0.3 is 20.4 Å². The predicted molar refractivity (Wildman–Crippen MR) is 108 cm³/mol. The summed E-state index contributed by atoms with van der Waals surface area (Å²) in [5.41, 5.74) is 10.7. The highest BCUT2D eigenvalue weighted by Crippen LogP contribution is 2.30. The fraction of sp³-hybridized carbons (Fsp3) is 0.455. The number of carbonyl (C=O) groups excluding carboxylic acids is 2. The van der Waals surface area contributed by atoms with Gasteiger partial charge in [-0.15, -0.1) is 0 Å². The fourth-order valence-corrected chi connectivity index (χ4v) is 4.32. The van der Waals surface area contributed by atoms with E-state index in [1.165, 1.54) is 0 Å². The molecule has 2 heterocycles. The minimum Gasteiger partial charge on any atom is -0.381 e. The first-order chi connectivity index (χ1) is 13.5. The molecule has 0 bridgehead atoms. The number of anilines is 1. The maximum atomic E-state index is 12.5. The van der Waals surface area contributed by atoms with Crippen LogP contribution in [0.15, 0.2) is 24.4 Å². The van der Waals surface area contributed by atoms with Crippen molar-refractivity contribution in [3.05, 3.63) is 46.8 Å². The van der Waals surface area contributed by atoms with Crippen LogP contribution in [0, 0.1) is 6.92 Å². The first-order valence-electron chi connectivity index (χ1n) is 10.1. The van der Waals surface area contributed by atoms with E-state index < -0.39 is 5.91 Å². The van der Waals surface area contributed by atoms with Crippen LogP contribution in [-0.4, -0.2) is 35.5 Å². The minimum absolute atomic E-state index is 0.234. The molecule has 0 radical (unpaired) electrons. The lowest BCUT2D eigenvalue weighted by molar-refractivity contribution is 0.0904. The number of primary amides is 1. The SMILES string of the molecule is Cc1cn(-c2ccc(C(N)=O)c(NC3CCOCC3)c2)c2c1C(=O)CCCC2. The maximum absolute atomic E-state index is 12.5. The second-order valence-corrected chi connectivity index (χ2v) is 7.76. The second-order valence-electron chi connectivity index (χ2n) is 7.76. The predicted octanol–water partition coefficient (Wildman–Crippen LogP) is 3.38. The van der Waals surface area contributed by atoms with E-state index in [9.17, 15) is 9.59 Å². The Morgan fingerprint density at radius 3 is 2.71 bits per heavy atom. The second kappa shape index (κ2) is 7.80. The Kier molecular flexibility index (Phi) is 5.22. The monoisotopic (exact) mass is 381 g/mol. The summed E-state index contributed by atoms with van der Waals surface area (Å²) in [6, 6.07) is 5.92. The van der Waals surface area contributed by atoms with E-state index in [4.69, 9.17) is 10.5 Å². The summed E-state index contributed by atoms with van der Waals surface area (Å²) in [5, 5.41) is 3.49. The van der Waals surface area contributed by atoms with Crippen LogP contribution >= 0.6 is 0 Å². The number of ether oxygens (including phenoxy) is 1. The van der Waals surface area contributed by atoms with Gasteiger partial charge in [-0.1, -0.05) is 0 Å². The molecule has 2 aromatic rings. The van der Waals surface area contributed by atoms with Gasteiger partial charge in [0, 0.05) is 54.5 Å². The van der Waals surface area contributed by atoms with Crippen molar-refractivity contribution in [3.8, 4) is 5.69 Å².